The number of benzene rings is 1. The summed E-state index contributed by atoms with van der Waals surface area (Å²) in [5.41, 5.74) is 0.201. The second-order valence-electron chi connectivity index (χ2n) is 7.79. The van der Waals surface area contributed by atoms with E-state index < -0.39 is 23.5 Å². The van der Waals surface area contributed by atoms with E-state index in [0.717, 1.165) is 6.42 Å². The maximum absolute atomic E-state index is 12.4. The quantitative estimate of drug-likeness (QED) is 0.567. The first-order valence-corrected chi connectivity index (χ1v) is 9.89. The highest BCUT2D eigenvalue weighted by Crippen LogP contribution is 2.32. The first kappa shape index (κ1) is 22.3. The topological polar surface area (TPSA) is 132 Å². The molecular formula is C21H26N4O6. The summed E-state index contributed by atoms with van der Waals surface area (Å²) in [5, 5.41) is 7.91. The number of anilines is 1. The fourth-order valence-corrected chi connectivity index (χ4v) is 3.12. The molecule has 3 N–H and O–H groups in total. The van der Waals surface area contributed by atoms with E-state index in [1.807, 2.05) is 0 Å². The fraction of sp³-hybridized carbons (Fsp3) is 0.429. The molecular weight excluding hydrogens is 404 g/mol. The normalized spacial score (nSPS) is 15.9. The molecule has 0 spiro atoms. The summed E-state index contributed by atoms with van der Waals surface area (Å²) in [6.45, 7) is 4.15. The van der Waals surface area contributed by atoms with Crippen molar-refractivity contribution in [1.29, 1.82) is 0 Å². The van der Waals surface area contributed by atoms with Crippen LogP contribution in [0.25, 0.3) is 11.3 Å². The summed E-state index contributed by atoms with van der Waals surface area (Å²) in [5.74, 6) is -0.919. The summed E-state index contributed by atoms with van der Waals surface area (Å²) in [6.07, 6.45) is 3.93. The van der Waals surface area contributed by atoms with Gasteiger partial charge < -0.3 is 29.8 Å². The molecule has 1 aromatic heterocycles. The Kier molecular flexibility index (Phi) is 6.91. The van der Waals surface area contributed by atoms with E-state index in [2.05, 4.69) is 20.9 Å². The predicted octanol–water partition coefficient (Wildman–Crippen LogP) is 1.48. The number of oxazole rings is 1. The maximum Gasteiger partial charge on any atom is 0.313 e. The molecule has 0 bridgehead atoms. The molecule has 31 heavy (non-hydrogen) atoms. The lowest BCUT2D eigenvalue weighted by molar-refractivity contribution is -0.137. The van der Waals surface area contributed by atoms with Crippen LogP contribution in [0.5, 0.6) is 5.75 Å². The molecule has 1 fully saturated rings. The highest BCUT2D eigenvalue weighted by Gasteiger charge is 2.28. The number of nitrogens with one attached hydrogen (secondary N) is 3. The van der Waals surface area contributed by atoms with Crippen LogP contribution in [0.3, 0.4) is 0 Å². The summed E-state index contributed by atoms with van der Waals surface area (Å²) in [6, 6.07) is 4.89. The molecule has 1 aliphatic heterocycles. The van der Waals surface area contributed by atoms with Gasteiger partial charge in [-0.2, -0.15) is 0 Å². The number of rotatable bonds is 7. The van der Waals surface area contributed by atoms with E-state index >= 15 is 0 Å². The van der Waals surface area contributed by atoms with Gasteiger partial charge in [0.05, 0.1) is 24.4 Å². The van der Waals surface area contributed by atoms with E-state index in [1.54, 1.807) is 38.2 Å². The molecule has 0 saturated carbocycles. The molecule has 1 aliphatic rings. The van der Waals surface area contributed by atoms with Crippen molar-refractivity contribution in [3.05, 3.63) is 30.8 Å². The Morgan fingerprint density at radius 3 is 2.71 bits per heavy atom. The molecule has 0 aliphatic carbocycles. The summed E-state index contributed by atoms with van der Waals surface area (Å²) >= 11 is 0. The number of methoxy groups -OCH3 is 1. The minimum atomic E-state index is -0.840. The second kappa shape index (κ2) is 9.61. The molecule has 0 radical (unpaired) electrons. The smallest absolute Gasteiger partial charge is 0.313 e. The molecule has 1 saturated heterocycles. The van der Waals surface area contributed by atoms with Crippen LogP contribution < -0.4 is 20.7 Å². The van der Waals surface area contributed by atoms with Gasteiger partial charge in [-0.15, -0.1) is 0 Å². The van der Waals surface area contributed by atoms with Gasteiger partial charge in [0.25, 0.3) is 0 Å². The Balaban J connectivity index is 1.55. The zero-order chi connectivity index (χ0) is 22.4. The van der Waals surface area contributed by atoms with Crippen LogP contribution in [0, 0.1) is 0 Å². The van der Waals surface area contributed by atoms with Crippen LogP contribution in [-0.2, 0) is 19.1 Å². The highest BCUT2D eigenvalue weighted by atomic mass is 16.5. The SMILES string of the molecule is COc1cc(NC(=O)C(=O)NC(C)(C)CNC(=O)C2CCCO2)ccc1-c1cnco1. The van der Waals surface area contributed by atoms with Gasteiger partial charge >= 0.3 is 11.8 Å². The lowest BCUT2D eigenvalue weighted by atomic mass is 10.1. The highest BCUT2D eigenvalue weighted by molar-refractivity contribution is 6.39. The van der Waals surface area contributed by atoms with Crippen LogP contribution in [-0.4, -0.2) is 54.6 Å². The van der Waals surface area contributed by atoms with Crippen molar-refractivity contribution in [3.8, 4) is 17.1 Å². The summed E-state index contributed by atoms with van der Waals surface area (Å²) < 4.78 is 15.9. The summed E-state index contributed by atoms with van der Waals surface area (Å²) in [7, 11) is 1.49. The Bertz CT molecular complexity index is 935. The van der Waals surface area contributed by atoms with E-state index in [-0.39, 0.29) is 12.5 Å². The third kappa shape index (κ3) is 5.82. The van der Waals surface area contributed by atoms with E-state index in [9.17, 15) is 14.4 Å². The average Bonchev–Trinajstić information content (AvgIpc) is 3.45. The monoisotopic (exact) mass is 430 g/mol. The number of hydrogen-bond donors (Lipinski definition) is 3. The van der Waals surface area contributed by atoms with Crippen molar-refractivity contribution in [3.63, 3.8) is 0 Å². The zero-order valence-electron chi connectivity index (χ0n) is 17.7. The van der Waals surface area contributed by atoms with Gasteiger partial charge in [0.1, 0.15) is 11.9 Å². The first-order valence-electron chi connectivity index (χ1n) is 9.89. The number of amides is 3. The fourth-order valence-electron chi connectivity index (χ4n) is 3.12. The zero-order valence-corrected chi connectivity index (χ0v) is 17.7. The third-order valence-electron chi connectivity index (χ3n) is 4.74. The molecule has 3 amide bonds. The number of carbonyl (C=O) groups excluding carboxylic acids is 3. The lowest BCUT2D eigenvalue weighted by Gasteiger charge is -2.26. The van der Waals surface area contributed by atoms with Gasteiger partial charge in [-0.1, -0.05) is 0 Å². The molecule has 2 aromatic rings. The van der Waals surface area contributed by atoms with Crippen molar-refractivity contribution in [2.24, 2.45) is 0 Å². The number of carbonyl (C=O) groups is 3. The van der Waals surface area contributed by atoms with Crippen molar-refractivity contribution >= 4 is 23.4 Å². The van der Waals surface area contributed by atoms with Gasteiger partial charge in [0.15, 0.2) is 12.2 Å². The molecule has 3 rings (SSSR count). The number of nitrogens with zero attached hydrogens (tertiary/aromatic N) is 1. The Hall–Kier alpha value is -3.40. The number of hydrogen-bond acceptors (Lipinski definition) is 7. The summed E-state index contributed by atoms with van der Waals surface area (Å²) in [4.78, 5) is 40.7. The Labute approximate surface area is 179 Å². The van der Waals surface area contributed by atoms with Crippen LogP contribution in [0.4, 0.5) is 5.69 Å². The van der Waals surface area contributed by atoms with Gasteiger partial charge in [-0.3, -0.25) is 14.4 Å². The largest absolute Gasteiger partial charge is 0.496 e. The van der Waals surface area contributed by atoms with Crippen molar-refractivity contribution < 1.29 is 28.3 Å². The van der Waals surface area contributed by atoms with Crippen LogP contribution >= 0.6 is 0 Å². The van der Waals surface area contributed by atoms with Crippen molar-refractivity contribution in [1.82, 2.24) is 15.6 Å². The van der Waals surface area contributed by atoms with Crippen LogP contribution in [0.15, 0.2) is 35.2 Å². The first-order chi connectivity index (χ1) is 14.8. The minimum absolute atomic E-state index is 0.157. The molecule has 1 atom stereocenters. The van der Waals surface area contributed by atoms with E-state index in [4.69, 9.17) is 13.9 Å². The predicted molar refractivity (Wildman–Crippen MR) is 111 cm³/mol. The van der Waals surface area contributed by atoms with Crippen LogP contribution in [0.2, 0.25) is 0 Å². The molecule has 2 heterocycles. The Morgan fingerprint density at radius 1 is 1.26 bits per heavy atom. The van der Waals surface area contributed by atoms with Gasteiger partial charge in [-0.25, -0.2) is 4.98 Å². The lowest BCUT2D eigenvalue weighted by Crippen LogP contribution is -2.55. The standard InChI is InChI=1S/C21H26N4O6/c1-21(2,11-23-18(26)15-5-4-8-30-15)25-20(28)19(27)24-13-6-7-14(16(9-13)29-3)17-10-22-12-31-17/h6-7,9-10,12,15H,4-5,8,11H2,1-3H3,(H,23,26)(H,24,27)(H,25,28). The van der Waals surface area contributed by atoms with Crippen molar-refractivity contribution in [2.45, 2.75) is 38.3 Å². The number of ether oxygens (including phenoxy) is 2. The second-order valence-corrected chi connectivity index (χ2v) is 7.79. The number of aromatic nitrogens is 1. The molecule has 166 valence electrons. The van der Waals surface area contributed by atoms with Crippen LogP contribution in [0.1, 0.15) is 26.7 Å². The maximum atomic E-state index is 12.4. The van der Waals surface area contributed by atoms with Gasteiger partial charge in [0.2, 0.25) is 5.91 Å². The minimum Gasteiger partial charge on any atom is -0.496 e. The molecule has 10 heteroatoms. The van der Waals surface area contributed by atoms with Gasteiger partial charge in [0, 0.05) is 24.9 Å². The Morgan fingerprint density at radius 2 is 2.06 bits per heavy atom. The van der Waals surface area contributed by atoms with E-state index in [1.165, 1.54) is 13.5 Å². The van der Waals surface area contributed by atoms with Gasteiger partial charge in [-0.05, 0) is 38.8 Å². The van der Waals surface area contributed by atoms with Crippen molar-refractivity contribution in [2.75, 3.05) is 25.6 Å². The third-order valence-corrected chi connectivity index (χ3v) is 4.74. The molecule has 1 aromatic carbocycles. The average molecular weight is 430 g/mol. The molecule has 10 nitrogen and oxygen atoms in total. The molecule has 1 unspecified atom stereocenters. The van der Waals surface area contributed by atoms with E-state index in [0.29, 0.717) is 35.8 Å².